The predicted molar refractivity (Wildman–Crippen MR) is 107 cm³/mol. The highest BCUT2D eigenvalue weighted by Gasteiger charge is 2.23. The van der Waals surface area contributed by atoms with Crippen LogP contribution in [0.3, 0.4) is 0 Å². The van der Waals surface area contributed by atoms with E-state index in [1.165, 1.54) is 38.1 Å². The maximum absolute atomic E-state index is 12.5. The zero-order valence-corrected chi connectivity index (χ0v) is 16.9. The first kappa shape index (κ1) is 18.9. The van der Waals surface area contributed by atoms with Gasteiger partial charge in [0, 0.05) is 11.1 Å². The smallest absolute Gasteiger partial charge is 0.340 e. The highest BCUT2D eigenvalue weighted by Crippen LogP contribution is 2.32. The fraction of sp³-hybridized carbons (Fsp3) is 0.450. The zero-order chi connectivity index (χ0) is 19.5. The van der Waals surface area contributed by atoms with Gasteiger partial charge < -0.3 is 4.74 Å². The van der Waals surface area contributed by atoms with Gasteiger partial charge in [-0.1, -0.05) is 49.2 Å². The van der Waals surface area contributed by atoms with Crippen molar-refractivity contribution in [2.75, 3.05) is 7.11 Å². The lowest BCUT2D eigenvalue weighted by Gasteiger charge is -2.22. The molecule has 0 unspecified atom stereocenters. The summed E-state index contributed by atoms with van der Waals surface area (Å²) < 4.78 is 6.97. The average molecular weight is 398 g/mol. The van der Waals surface area contributed by atoms with Crippen molar-refractivity contribution in [1.29, 1.82) is 0 Å². The molecule has 0 atom stereocenters. The van der Waals surface area contributed by atoms with Gasteiger partial charge in [0.2, 0.25) is 5.16 Å². The monoisotopic (exact) mass is 397 g/mol. The number of aromatic nitrogens is 5. The average Bonchev–Trinajstić information content (AvgIpc) is 3.21. The minimum absolute atomic E-state index is 0.359. The Labute approximate surface area is 167 Å². The predicted octanol–water partition coefficient (Wildman–Crippen LogP) is 4.11. The number of nitrogens with zero attached hydrogens (tertiary/aromatic N) is 5. The second-order valence-corrected chi connectivity index (χ2v) is 8.00. The first-order valence-electron chi connectivity index (χ1n) is 9.56. The third kappa shape index (κ3) is 3.61. The number of fused-ring (bicyclic) bond motifs is 1. The van der Waals surface area contributed by atoms with E-state index in [9.17, 15) is 4.79 Å². The van der Waals surface area contributed by atoms with E-state index in [0.717, 1.165) is 34.5 Å². The lowest BCUT2D eigenvalue weighted by Crippen LogP contribution is -2.15. The number of carbonyl (C=O) groups is 1. The van der Waals surface area contributed by atoms with Crippen LogP contribution in [0.2, 0.25) is 0 Å². The van der Waals surface area contributed by atoms with Gasteiger partial charge in [-0.25, -0.2) is 9.48 Å². The summed E-state index contributed by atoms with van der Waals surface area (Å²) in [5.74, 6) is 0.140. The summed E-state index contributed by atoms with van der Waals surface area (Å²) in [5, 5.41) is 14.0. The van der Waals surface area contributed by atoms with Crippen molar-refractivity contribution in [2.24, 2.45) is 0 Å². The second kappa shape index (κ2) is 8.26. The number of benzene rings is 1. The van der Waals surface area contributed by atoms with E-state index in [4.69, 9.17) is 9.72 Å². The molecule has 0 spiro atoms. The molecule has 0 amide bonds. The van der Waals surface area contributed by atoms with Crippen LogP contribution in [-0.4, -0.2) is 38.3 Å². The Balaban J connectivity index is 1.65. The molecule has 1 aromatic carbocycles. The highest BCUT2D eigenvalue weighted by molar-refractivity contribution is 7.98. The highest BCUT2D eigenvalue weighted by atomic mass is 32.2. The number of hydrogen-bond acceptors (Lipinski definition) is 7. The quantitative estimate of drug-likeness (QED) is 0.473. The molecule has 2 heterocycles. The van der Waals surface area contributed by atoms with E-state index in [2.05, 4.69) is 15.5 Å². The molecule has 0 aliphatic heterocycles. The Morgan fingerprint density at radius 2 is 2.04 bits per heavy atom. The van der Waals surface area contributed by atoms with Crippen LogP contribution < -0.4 is 0 Å². The number of methoxy groups -OCH3 is 1. The maximum Gasteiger partial charge on any atom is 0.340 e. The largest absolute Gasteiger partial charge is 0.465 e. The molecule has 1 saturated carbocycles. The van der Waals surface area contributed by atoms with E-state index in [1.807, 2.05) is 35.9 Å². The molecular formula is C20H23N5O2S. The number of hydrogen-bond donors (Lipinski definition) is 0. The molecule has 4 rings (SSSR count). The van der Waals surface area contributed by atoms with Crippen molar-refractivity contribution in [3.63, 3.8) is 0 Å². The Kier molecular flexibility index (Phi) is 5.57. The Morgan fingerprint density at radius 3 is 2.82 bits per heavy atom. The van der Waals surface area contributed by atoms with Crippen LogP contribution in [0.25, 0.3) is 10.9 Å². The number of carbonyl (C=O) groups excluding carboxylic acids is 1. The normalized spacial score (nSPS) is 15.1. The molecule has 28 heavy (non-hydrogen) atoms. The Morgan fingerprint density at radius 1 is 1.25 bits per heavy atom. The minimum Gasteiger partial charge on any atom is -0.465 e. The number of para-hydroxylation sites is 1. The van der Waals surface area contributed by atoms with Gasteiger partial charge >= 0.3 is 5.97 Å². The SMILES string of the molecule is COC(=O)c1c(CSc2nnnn2C2CCCCC2)nc2ccccc2c1C. The van der Waals surface area contributed by atoms with Gasteiger partial charge in [-0.15, -0.1) is 5.10 Å². The first-order valence-corrected chi connectivity index (χ1v) is 10.5. The van der Waals surface area contributed by atoms with Gasteiger partial charge in [0.25, 0.3) is 0 Å². The van der Waals surface area contributed by atoms with E-state index < -0.39 is 0 Å². The number of esters is 1. The van der Waals surface area contributed by atoms with Gasteiger partial charge in [0.15, 0.2) is 0 Å². The summed E-state index contributed by atoms with van der Waals surface area (Å²) in [6, 6.07) is 8.20. The van der Waals surface area contributed by atoms with Gasteiger partial charge in [-0.2, -0.15) is 0 Å². The van der Waals surface area contributed by atoms with Crippen molar-refractivity contribution in [1.82, 2.24) is 25.2 Å². The molecule has 7 nitrogen and oxygen atoms in total. The molecule has 0 bridgehead atoms. The third-order valence-corrected chi connectivity index (χ3v) is 6.28. The summed E-state index contributed by atoms with van der Waals surface area (Å²) in [6.45, 7) is 1.94. The molecule has 0 saturated heterocycles. The van der Waals surface area contributed by atoms with Gasteiger partial charge in [0.05, 0.1) is 29.9 Å². The van der Waals surface area contributed by atoms with Crippen LogP contribution >= 0.6 is 11.8 Å². The molecule has 2 aromatic heterocycles. The molecule has 0 radical (unpaired) electrons. The third-order valence-electron chi connectivity index (χ3n) is 5.34. The van der Waals surface area contributed by atoms with Crippen LogP contribution in [0.4, 0.5) is 0 Å². The van der Waals surface area contributed by atoms with Gasteiger partial charge in [-0.05, 0) is 41.8 Å². The van der Waals surface area contributed by atoms with E-state index in [0.29, 0.717) is 23.1 Å². The molecule has 1 aliphatic carbocycles. The maximum atomic E-state index is 12.5. The number of ether oxygens (including phenoxy) is 1. The number of thioether (sulfide) groups is 1. The summed E-state index contributed by atoms with van der Waals surface area (Å²) in [7, 11) is 1.40. The molecule has 0 N–H and O–H groups in total. The summed E-state index contributed by atoms with van der Waals surface area (Å²) in [6.07, 6.45) is 5.93. The molecule has 1 fully saturated rings. The van der Waals surface area contributed by atoms with Crippen molar-refractivity contribution >= 4 is 28.6 Å². The van der Waals surface area contributed by atoms with Crippen molar-refractivity contribution in [2.45, 2.75) is 56.0 Å². The van der Waals surface area contributed by atoms with Gasteiger partial charge in [-0.3, -0.25) is 4.98 Å². The number of pyridine rings is 1. The summed E-state index contributed by atoms with van der Waals surface area (Å²) in [4.78, 5) is 17.2. The minimum atomic E-state index is -0.363. The lowest BCUT2D eigenvalue weighted by molar-refractivity contribution is 0.0598. The van der Waals surface area contributed by atoms with Crippen LogP contribution in [0, 0.1) is 6.92 Å². The summed E-state index contributed by atoms with van der Waals surface area (Å²) >= 11 is 1.52. The number of aryl methyl sites for hydroxylation is 1. The van der Waals surface area contributed by atoms with Crippen LogP contribution in [0.15, 0.2) is 29.4 Å². The van der Waals surface area contributed by atoms with Crippen LogP contribution in [0.5, 0.6) is 0 Å². The Bertz CT molecular complexity index is 997. The topological polar surface area (TPSA) is 82.8 Å². The van der Waals surface area contributed by atoms with Crippen LogP contribution in [0.1, 0.15) is 59.8 Å². The van der Waals surface area contributed by atoms with Crippen molar-refractivity contribution in [3.8, 4) is 0 Å². The zero-order valence-electron chi connectivity index (χ0n) is 16.1. The Hall–Kier alpha value is -2.48. The van der Waals surface area contributed by atoms with Gasteiger partial charge in [0.1, 0.15) is 0 Å². The first-order chi connectivity index (χ1) is 13.7. The van der Waals surface area contributed by atoms with Crippen molar-refractivity contribution in [3.05, 3.63) is 41.1 Å². The van der Waals surface area contributed by atoms with E-state index in [1.54, 1.807) is 0 Å². The molecule has 8 heteroatoms. The molecule has 3 aromatic rings. The fourth-order valence-electron chi connectivity index (χ4n) is 3.89. The second-order valence-electron chi connectivity index (χ2n) is 7.05. The van der Waals surface area contributed by atoms with Crippen molar-refractivity contribution < 1.29 is 9.53 Å². The molecule has 1 aliphatic rings. The molecule has 146 valence electrons. The van der Waals surface area contributed by atoms with E-state index >= 15 is 0 Å². The number of rotatable bonds is 5. The lowest BCUT2D eigenvalue weighted by atomic mass is 9.96. The number of tetrazole rings is 1. The van der Waals surface area contributed by atoms with Crippen LogP contribution in [-0.2, 0) is 10.5 Å². The fourth-order valence-corrected chi connectivity index (χ4v) is 4.77. The summed E-state index contributed by atoms with van der Waals surface area (Å²) in [5.41, 5.74) is 2.99. The molecular weight excluding hydrogens is 374 g/mol. The van der Waals surface area contributed by atoms with E-state index in [-0.39, 0.29) is 5.97 Å². The standard InChI is InChI=1S/C20H23N5O2S/c1-13-15-10-6-7-11-16(15)21-17(18(13)19(26)27-2)12-28-20-22-23-24-25(20)14-8-4-3-5-9-14/h6-7,10-11,14H,3-5,8-9,12H2,1-2H3.